The molecule has 0 radical (unpaired) electrons. The van der Waals surface area contributed by atoms with E-state index in [1.165, 1.54) is 6.21 Å². The summed E-state index contributed by atoms with van der Waals surface area (Å²) < 4.78 is 0. The molecule has 0 aromatic heterocycles. The Hall–Kier alpha value is -3.48. The van der Waals surface area contributed by atoms with Crippen molar-refractivity contribution in [1.82, 2.24) is 10.7 Å². The van der Waals surface area contributed by atoms with Gasteiger partial charge in [-0.2, -0.15) is 5.10 Å². The number of benzene rings is 3. The molecule has 0 unspecified atom stereocenters. The van der Waals surface area contributed by atoms with E-state index >= 15 is 0 Å². The number of amides is 2. The van der Waals surface area contributed by atoms with Gasteiger partial charge in [-0.1, -0.05) is 59.6 Å². The number of hydrogen-bond donors (Lipinski definition) is 2. The highest BCUT2D eigenvalue weighted by Crippen LogP contribution is 2.19. The van der Waals surface area contributed by atoms with Crippen LogP contribution in [0.2, 0.25) is 10.0 Å². The predicted molar refractivity (Wildman–Crippen MR) is 129 cm³/mol. The fraction of sp³-hybridized carbons (Fsp3) is 0.0833. The van der Waals surface area contributed by atoms with Crippen molar-refractivity contribution < 1.29 is 9.59 Å². The Balaban J connectivity index is 1.50. The molecule has 0 saturated carbocycles. The minimum absolute atomic E-state index is 0.0832. The molecule has 6 nitrogen and oxygen atoms in total. The van der Waals surface area contributed by atoms with Gasteiger partial charge in [-0.25, -0.2) is 5.43 Å². The van der Waals surface area contributed by atoms with Crippen LogP contribution in [0.25, 0.3) is 0 Å². The van der Waals surface area contributed by atoms with Crippen LogP contribution in [0.3, 0.4) is 0 Å². The van der Waals surface area contributed by atoms with E-state index in [9.17, 15) is 9.59 Å². The van der Waals surface area contributed by atoms with E-state index in [1.807, 2.05) is 12.1 Å². The van der Waals surface area contributed by atoms with Gasteiger partial charge in [-0.3, -0.25) is 14.6 Å². The van der Waals surface area contributed by atoms with Crippen LogP contribution in [0.1, 0.15) is 27.9 Å². The Labute approximate surface area is 196 Å². The summed E-state index contributed by atoms with van der Waals surface area (Å²) in [6.07, 6.45) is 3.26. The summed E-state index contributed by atoms with van der Waals surface area (Å²) in [6, 6.07) is 21.2. The molecule has 0 aliphatic carbocycles. The lowest BCUT2D eigenvalue weighted by atomic mass is 10.1. The van der Waals surface area contributed by atoms with Gasteiger partial charge < -0.3 is 5.32 Å². The molecule has 3 aromatic carbocycles. The van der Waals surface area contributed by atoms with Gasteiger partial charge in [0, 0.05) is 29.2 Å². The molecule has 0 aliphatic rings. The van der Waals surface area contributed by atoms with Crippen LogP contribution in [0.4, 0.5) is 5.69 Å². The molecule has 32 heavy (non-hydrogen) atoms. The van der Waals surface area contributed by atoms with Gasteiger partial charge in [0.15, 0.2) is 0 Å². The predicted octanol–water partition coefficient (Wildman–Crippen LogP) is 5.01. The topological polar surface area (TPSA) is 82.9 Å². The lowest BCUT2D eigenvalue weighted by Crippen LogP contribution is -2.29. The molecule has 2 amide bonds. The number of carbonyl (C=O) groups is 2. The quantitative estimate of drug-likeness (QED) is 0.361. The third-order valence-corrected chi connectivity index (χ3v) is 4.79. The number of rotatable bonds is 8. The molecular formula is C24H20Cl2N4O2. The molecule has 0 bridgehead atoms. The van der Waals surface area contributed by atoms with Gasteiger partial charge in [0.2, 0.25) is 5.91 Å². The Kier molecular flexibility index (Phi) is 8.54. The summed E-state index contributed by atoms with van der Waals surface area (Å²) in [5.74, 6) is -0.629. The van der Waals surface area contributed by atoms with Gasteiger partial charge in [0.05, 0.1) is 17.5 Å². The Bertz CT molecular complexity index is 1130. The van der Waals surface area contributed by atoms with Crippen molar-refractivity contribution in [2.45, 2.75) is 6.42 Å². The number of nitrogens with zero attached hydrogens (tertiary/aromatic N) is 2. The van der Waals surface area contributed by atoms with Crippen LogP contribution in [-0.4, -0.2) is 30.8 Å². The van der Waals surface area contributed by atoms with Crippen LogP contribution in [0, 0.1) is 0 Å². The number of para-hydroxylation sites is 1. The summed E-state index contributed by atoms with van der Waals surface area (Å²) >= 11 is 11.7. The van der Waals surface area contributed by atoms with E-state index in [1.54, 1.807) is 66.9 Å². The van der Waals surface area contributed by atoms with E-state index in [2.05, 4.69) is 20.8 Å². The molecule has 0 aliphatic heterocycles. The zero-order valence-corrected chi connectivity index (χ0v) is 18.5. The first-order valence-electron chi connectivity index (χ1n) is 9.75. The van der Waals surface area contributed by atoms with Crippen LogP contribution in [0.5, 0.6) is 0 Å². The van der Waals surface area contributed by atoms with Gasteiger partial charge in [-0.15, -0.1) is 0 Å². The molecule has 0 fully saturated rings. The smallest absolute Gasteiger partial charge is 0.253 e. The maximum atomic E-state index is 12.6. The highest BCUT2D eigenvalue weighted by Gasteiger charge is 2.10. The molecule has 0 atom stereocenters. The van der Waals surface area contributed by atoms with E-state index in [0.717, 1.165) is 11.1 Å². The van der Waals surface area contributed by atoms with E-state index in [-0.39, 0.29) is 24.8 Å². The second-order valence-electron chi connectivity index (χ2n) is 6.68. The number of halogens is 2. The summed E-state index contributed by atoms with van der Waals surface area (Å²) in [6.45, 7) is 0.163. The van der Waals surface area contributed by atoms with E-state index in [0.29, 0.717) is 21.3 Å². The Morgan fingerprint density at radius 1 is 0.812 bits per heavy atom. The van der Waals surface area contributed by atoms with Crippen molar-refractivity contribution in [2.75, 3.05) is 6.54 Å². The summed E-state index contributed by atoms with van der Waals surface area (Å²) in [5.41, 5.74) is 5.03. The first kappa shape index (κ1) is 23.2. The fourth-order valence-corrected chi connectivity index (χ4v) is 2.89. The number of nitrogens with one attached hydrogen (secondary N) is 2. The van der Waals surface area contributed by atoms with Crippen LogP contribution in [0.15, 0.2) is 82.9 Å². The molecule has 2 N–H and O–H groups in total. The minimum atomic E-state index is -0.315. The minimum Gasteiger partial charge on any atom is -0.351 e. The van der Waals surface area contributed by atoms with E-state index in [4.69, 9.17) is 23.2 Å². The summed E-state index contributed by atoms with van der Waals surface area (Å²) in [7, 11) is 0. The van der Waals surface area contributed by atoms with Gasteiger partial charge in [-0.05, 0) is 47.5 Å². The molecule has 0 spiro atoms. The monoisotopic (exact) mass is 466 g/mol. The van der Waals surface area contributed by atoms with Gasteiger partial charge >= 0.3 is 0 Å². The third-order valence-electron chi connectivity index (χ3n) is 4.28. The Morgan fingerprint density at radius 2 is 1.41 bits per heavy atom. The molecule has 162 valence electrons. The van der Waals surface area contributed by atoms with E-state index < -0.39 is 0 Å². The molecule has 8 heteroatoms. The third kappa shape index (κ3) is 7.34. The first-order valence-corrected chi connectivity index (χ1v) is 10.5. The molecular weight excluding hydrogens is 447 g/mol. The van der Waals surface area contributed by atoms with Crippen molar-refractivity contribution >= 4 is 53.1 Å². The zero-order chi connectivity index (χ0) is 22.8. The van der Waals surface area contributed by atoms with Crippen molar-refractivity contribution in [3.8, 4) is 0 Å². The highest BCUT2D eigenvalue weighted by molar-refractivity contribution is 6.30. The van der Waals surface area contributed by atoms with Crippen molar-refractivity contribution in [3.05, 3.63) is 99.5 Å². The second-order valence-corrected chi connectivity index (χ2v) is 7.55. The lowest BCUT2D eigenvalue weighted by Gasteiger charge is -2.07. The average molecular weight is 467 g/mol. The van der Waals surface area contributed by atoms with Crippen LogP contribution < -0.4 is 10.7 Å². The molecule has 3 rings (SSSR count). The van der Waals surface area contributed by atoms with Crippen molar-refractivity contribution in [3.63, 3.8) is 0 Å². The second kappa shape index (κ2) is 11.8. The molecule has 3 aromatic rings. The largest absolute Gasteiger partial charge is 0.351 e. The van der Waals surface area contributed by atoms with Gasteiger partial charge in [0.25, 0.3) is 5.91 Å². The fourth-order valence-electron chi connectivity index (χ4n) is 2.64. The number of carbonyl (C=O) groups excluding carboxylic acids is 2. The average Bonchev–Trinajstić information content (AvgIpc) is 2.80. The molecule has 0 saturated heterocycles. The summed E-state index contributed by atoms with van der Waals surface area (Å²) in [4.78, 5) is 28.9. The van der Waals surface area contributed by atoms with Gasteiger partial charge in [0.1, 0.15) is 0 Å². The lowest BCUT2D eigenvalue weighted by molar-refractivity contribution is -0.120. The highest BCUT2D eigenvalue weighted by atomic mass is 35.5. The maximum Gasteiger partial charge on any atom is 0.253 e. The maximum absolute atomic E-state index is 12.6. The Morgan fingerprint density at radius 3 is 2.06 bits per heavy atom. The van der Waals surface area contributed by atoms with Crippen molar-refractivity contribution in [2.24, 2.45) is 10.1 Å². The molecule has 0 heterocycles. The first-order chi connectivity index (χ1) is 15.5. The van der Waals surface area contributed by atoms with Crippen LogP contribution >= 0.6 is 23.2 Å². The zero-order valence-electron chi connectivity index (χ0n) is 17.0. The number of hydrazone groups is 1. The SMILES string of the molecule is O=C(CCNC(=O)c1ccccc1N=Cc1ccc(Cl)cc1)N/N=C/c1ccc(Cl)cc1. The number of hydrogen-bond acceptors (Lipinski definition) is 4. The normalized spacial score (nSPS) is 11.1. The number of aliphatic imine (C=N–C) groups is 1. The standard InChI is InChI=1S/C24H20Cl2N4O2/c25-19-9-5-17(6-10-19)15-28-22-4-2-1-3-21(22)24(32)27-14-13-23(31)30-29-16-18-7-11-20(26)12-8-18/h1-12,15-16H,13-14H2,(H,27,32)(H,30,31)/b28-15?,29-16+. The summed E-state index contributed by atoms with van der Waals surface area (Å²) in [5, 5.41) is 7.89. The van der Waals surface area contributed by atoms with Crippen LogP contribution in [-0.2, 0) is 4.79 Å². The van der Waals surface area contributed by atoms with Crippen molar-refractivity contribution in [1.29, 1.82) is 0 Å².